The lowest BCUT2D eigenvalue weighted by Crippen LogP contribution is -2.04. The Labute approximate surface area is 126 Å². The van der Waals surface area contributed by atoms with Crippen molar-refractivity contribution >= 4 is 28.6 Å². The van der Waals surface area contributed by atoms with Crippen LogP contribution in [0.5, 0.6) is 0 Å². The minimum Gasteiger partial charge on any atom is -0.462 e. The van der Waals surface area contributed by atoms with E-state index >= 15 is 0 Å². The van der Waals surface area contributed by atoms with E-state index in [9.17, 15) is 4.79 Å². The Morgan fingerprint density at radius 2 is 2.05 bits per heavy atom. The predicted octanol–water partition coefficient (Wildman–Crippen LogP) is 4.06. The van der Waals surface area contributed by atoms with Crippen LogP contribution in [0.15, 0.2) is 42.5 Å². The number of benzene rings is 2. The Morgan fingerprint density at radius 1 is 1.29 bits per heavy atom. The number of carbonyl (C=O) groups excluding carboxylic acids is 1. The number of nitrogens with zero attached hydrogens (tertiary/aromatic N) is 1. The highest BCUT2D eigenvalue weighted by atomic mass is 35.5. The van der Waals surface area contributed by atoms with E-state index < -0.39 is 5.97 Å². The molecular weight excluding hydrogens is 288 g/mol. The molecule has 0 spiro atoms. The van der Waals surface area contributed by atoms with E-state index in [2.05, 4.69) is 9.97 Å². The Bertz CT molecular complexity index is 797. The quantitative estimate of drug-likeness (QED) is 0.742. The van der Waals surface area contributed by atoms with Gasteiger partial charge in [0, 0.05) is 5.56 Å². The first-order chi connectivity index (χ1) is 10.2. The van der Waals surface area contributed by atoms with E-state index in [1.807, 2.05) is 30.3 Å². The van der Waals surface area contributed by atoms with Crippen LogP contribution in [0.3, 0.4) is 0 Å². The molecule has 3 rings (SSSR count). The molecular formula is C16H13ClN2O2. The van der Waals surface area contributed by atoms with Crippen molar-refractivity contribution in [3.8, 4) is 11.4 Å². The van der Waals surface area contributed by atoms with Gasteiger partial charge in [0.1, 0.15) is 11.3 Å². The van der Waals surface area contributed by atoms with E-state index in [1.54, 1.807) is 19.1 Å². The number of carbonyl (C=O) groups is 1. The zero-order valence-corrected chi connectivity index (χ0v) is 12.1. The summed E-state index contributed by atoms with van der Waals surface area (Å²) in [6, 6.07) is 13.0. The van der Waals surface area contributed by atoms with Crippen molar-refractivity contribution in [3.05, 3.63) is 53.1 Å². The zero-order valence-electron chi connectivity index (χ0n) is 11.4. The third-order valence-electron chi connectivity index (χ3n) is 3.10. The zero-order chi connectivity index (χ0) is 14.8. The summed E-state index contributed by atoms with van der Waals surface area (Å²) in [4.78, 5) is 19.5. The van der Waals surface area contributed by atoms with Crippen LogP contribution in [0.1, 0.15) is 17.3 Å². The number of aromatic amines is 1. The minimum absolute atomic E-state index is 0.326. The van der Waals surface area contributed by atoms with Gasteiger partial charge in [-0.15, -0.1) is 0 Å². The molecule has 0 aliphatic carbocycles. The summed E-state index contributed by atoms with van der Waals surface area (Å²) in [5, 5.41) is 0.425. The molecule has 1 aromatic heterocycles. The van der Waals surface area contributed by atoms with Crippen molar-refractivity contribution in [1.82, 2.24) is 9.97 Å². The molecule has 0 aliphatic heterocycles. The van der Waals surface area contributed by atoms with Gasteiger partial charge in [0.05, 0.1) is 22.7 Å². The van der Waals surface area contributed by atoms with Gasteiger partial charge in [-0.2, -0.15) is 0 Å². The maximum absolute atomic E-state index is 11.8. The Morgan fingerprint density at radius 3 is 2.76 bits per heavy atom. The molecule has 0 fully saturated rings. The third kappa shape index (κ3) is 2.62. The molecule has 0 radical (unpaired) electrons. The van der Waals surface area contributed by atoms with E-state index in [4.69, 9.17) is 16.3 Å². The van der Waals surface area contributed by atoms with Crippen molar-refractivity contribution in [2.75, 3.05) is 6.61 Å². The van der Waals surface area contributed by atoms with Gasteiger partial charge in [0.15, 0.2) is 0 Å². The summed E-state index contributed by atoms with van der Waals surface area (Å²) in [6.07, 6.45) is 0. The van der Waals surface area contributed by atoms with Crippen LogP contribution < -0.4 is 0 Å². The Hall–Kier alpha value is -2.33. The van der Waals surface area contributed by atoms with Gasteiger partial charge in [-0.1, -0.05) is 41.9 Å². The lowest BCUT2D eigenvalue weighted by molar-refractivity contribution is 0.0526. The molecule has 4 nitrogen and oxygen atoms in total. The molecule has 5 heteroatoms. The molecule has 1 N–H and O–H groups in total. The first-order valence-corrected chi connectivity index (χ1v) is 6.98. The van der Waals surface area contributed by atoms with E-state index in [-0.39, 0.29) is 0 Å². The maximum Gasteiger partial charge on any atom is 0.338 e. The fourth-order valence-corrected chi connectivity index (χ4v) is 2.40. The van der Waals surface area contributed by atoms with Gasteiger partial charge in [-0.05, 0) is 19.1 Å². The minimum atomic E-state index is -0.392. The van der Waals surface area contributed by atoms with Gasteiger partial charge in [-0.3, -0.25) is 0 Å². The van der Waals surface area contributed by atoms with E-state index in [1.165, 1.54) is 0 Å². The average molecular weight is 301 g/mol. The number of fused-ring (bicyclic) bond motifs is 1. The monoisotopic (exact) mass is 300 g/mol. The molecule has 0 aliphatic rings. The lowest BCUT2D eigenvalue weighted by atomic mass is 10.2. The van der Waals surface area contributed by atoms with Gasteiger partial charge < -0.3 is 9.72 Å². The topological polar surface area (TPSA) is 55.0 Å². The number of hydrogen-bond donors (Lipinski definition) is 1. The summed E-state index contributed by atoms with van der Waals surface area (Å²) in [7, 11) is 0. The number of halogens is 1. The lowest BCUT2D eigenvalue weighted by Gasteiger charge is -2.02. The number of rotatable bonds is 3. The first kappa shape index (κ1) is 13.6. The van der Waals surface area contributed by atoms with Crippen molar-refractivity contribution in [2.24, 2.45) is 0 Å². The highest BCUT2D eigenvalue weighted by Crippen LogP contribution is 2.27. The molecule has 21 heavy (non-hydrogen) atoms. The summed E-state index contributed by atoms with van der Waals surface area (Å²) >= 11 is 6.22. The summed E-state index contributed by atoms with van der Waals surface area (Å²) in [5.41, 5.74) is 2.73. The third-order valence-corrected chi connectivity index (χ3v) is 3.39. The first-order valence-electron chi connectivity index (χ1n) is 6.61. The fraction of sp³-hybridized carbons (Fsp3) is 0.125. The number of hydrogen-bond acceptors (Lipinski definition) is 3. The van der Waals surface area contributed by atoms with Crippen LogP contribution in [0.4, 0.5) is 0 Å². The van der Waals surface area contributed by atoms with Crippen molar-refractivity contribution in [2.45, 2.75) is 6.92 Å². The molecule has 0 unspecified atom stereocenters. The van der Waals surface area contributed by atoms with Crippen molar-refractivity contribution in [1.29, 1.82) is 0 Å². The van der Waals surface area contributed by atoms with Crippen molar-refractivity contribution < 1.29 is 9.53 Å². The fourth-order valence-electron chi connectivity index (χ4n) is 2.14. The van der Waals surface area contributed by atoms with Gasteiger partial charge >= 0.3 is 5.97 Å². The summed E-state index contributed by atoms with van der Waals surface area (Å²) < 4.78 is 4.99. The molecule has 106 valence electrons. The van der Waals surface area contributed by atoms with E-state index in [0.717, 1.165) is 5.56 Å². The SMILES string of the molecule is CCOC(=O)c1cc(Cl)c2nc(-c3ccccc3)[nH]c2c1. The number of imidazole rings is 1. The van der Waals surface area contributed by atoms with Gasteiger partial charge in [0.25, 0.3) is 0 Å². The molecule has 3 aromatic rings. The number of esters is 1. The van der Waals surface area contributed by atoms with Crippen LogP contribution >= 0.6 is 11.6 Å². The number of nitrogens with one attached hydrogen (secondary N) is 1. The average Bonchev–Trinajstić information content (AvgIpc) is 2.93. The van der Waals surface area contributed by atoms with Crippen LogP contribution in [0.2, 0.25) is 5.02 Å². The second kappa shape index (κ2) is 5.58. The Balaban J connectivity index is 2.09. The highest BCUT2D eigenvalue weighted by Gasteiger charge is 2.14. The molecule has 1 heterocycles. The molecule has 0 saturated heterocycles. The summed E-state index contributed by atoms with van der Waals surface area (Å²) in [6.45, 7) is 2.09. The normalized spacial score (nSPS) is 10.8. The predicted molar refractivity (Wildman–Crippen MR) is 82.5 cm³/mol. The smallest absolute Gasteiger partial charge is 0.338 e. The number of ether oxygens (including phenoxy) is 1. The van der Waals surface area contributed by atoms with Gasteiger partial charge in [-0.25, -0.2) is 9.78 Å². The maximum atomic E-state index is 11.8. The standard InChI is InChI=1S/C16H13ClN2O2/c1-2-21-16(20)11-8-12(17)14-13(9-11)18-15(19-14)10-6-4-3-5-7-10/h3-9H,2H2,1H3,(H,18,19). The largest absolute Gasteiger partial charge is 0.462 e. The molecule has 0 saturated carbocycles. The molecule has 0 atom stereocenters. The van der Waals surface area contributed by atoms with Crippen molar-refractivity contribution in [3.63, 3.8) is 0 Å². The highest BCUT2D eigenvalue weighted by molar-refractivity contribution is 6.35. The number of H-pyrrole nitrogens is 1. The van der Waals surface area contributed by atoms with Crippen LogP contribution in [-0.4, -0.2) is 22.5 Å². The molecule has 0 amide bonds. The second-order valence-corrected chi connectivity index (χ2v) is 4.93. The molecule has 0 bridgehead atoms. The number of aromatic nitrogens is 2. The Kier molecular flexibility index (Phi) is 3.62. The summed E-state index contributed by atoms with van der Waals surface area (Å²) in [5.74, 6) is 0.325. The molecule has 2 aromatic carbocycles. The van der Waals surface area contributed by atoms with Crippen LogP contribution in [-0.2, 0) is 4.74 Å². The van der Waals surface area contributed by atoms with Gasteiger partial charge in [0.2, 0.25) is 0 Å². The second-order valence-electron chi connectivity index (χ2n) is 4.53. The van der Waals surface area contributed by atoms with Crippen LogP contribution in [0, 0.1) is 0 Å². The van der Waals surface area contributed by atoms with E-state index in [0.29, 0.717) is 34.1 Å². The van der Waals surface area contributed by atoms with Crippen LogP contribution in [0.25, 0.3) is 22.4 Å².